The fourth-order valence-electron chi connectivity index (χ4n) is 1.69. The molecule has 1 fully saturated rings. The summed E-state index contributed by atoms with van der Waals surface area (Å²) in [5.41, 5.74) is 0. The quantitative estimate of drug-likeness (QED) is 0.708. The highest BCUT2D eigenvalue weighted by atomic mass is 32.2. The molecule has 0 spiro atoms. The molecule has 1 aliphatic heterocycles. The summed E-state index contributed by atoms with van der Waals surface area (Å²) < 4.78 is 5.50. The van der Waals surface area contributed by atoms with Gasteiger partial charge in [0.25, 0.3) is 0 Å². The summed E-state index contributed by atoms with van der Waals surface area (Å²) in [6, 6.07) is 0.579. The minimum atomic E-state index is 0.579. The second-order valence-electron chi connectivity index (χ2n) is 3.57. The van der Waals surface area contributed by atoms with Crippen molar-refractivity contribution in [2.45, 2.75) is 13.0 Å². The summed E-state index contributed by atoms with van der Waals surface area (Å²) in [6.07, 6.45) is 2.17. The van der Waals surface area contributed by atoms with E-state index < -0.39 is 0 Å². The molecule has 1 N–H and O–H groups in total. The second kappa shape index (κ2) is 7.51. The fraction of sp³-hybridized carbons (Fsp3) is 1.00. The van der Waals surface area contributed by atoms with Crippen LogP contribution in [0.1, 0.15) is 6.92 Å². The van der Waals surface area contributed by atoms with Gasteiger partial charge in [-0.15, -0.1) is 0 Å². The van der Waals surface area contributed by atoms with Crippen LogP contribution in [0.3, 0.4) is 0 Å². The van der Waals surface area contributed by atoms with Gasteiger partial charge in [-0.1, -0.05) is 6.92 Å². The molecule has 14 heavy (non-hydrogen) atoms. The zero-order valence-electron chi connectivity index (χ0n) is 9.29. The molecule has 0 aromatic carbocycles. The highest BCUT2D eigenvalue weighted by molar-refractivity contribution is 7.98. The monoisotopic (exact) mass is 218 g/mol. The number of hydrogen-bond donors (Lipinski definition) is 1. The van der Waals surface area contributed by atoms with Crippen LogP contribution in [0, 0.1) is 0 Å². The normalized spacial score (nSPS) is 24.0. The lowest BCUT2D eigenvalue weighted by Crippen LogP contribution is -2.51. The van der Waals surface area contributed by atoms with Crippen molar-refractivity contribution in [3.05, 3.63) is 0 Å². The summed E-state index contributed by atoms with van der Waals surface area (Å²) in [6.45, 7) is 8.34. The van der Waals surface area contributed by atoms with Gasteiger partial charge in [0.05, 0.1) is 13.2 Å². The van der Waals surface area contributed by atoms with E-state index in [9.17, 15) is 0 Å². The highest BCUT2D eigenvalue weighted by Gasteiger charge is 2.21. The molecular weight excluding hydrogens is 196 g/mol. The number of nitrogens with zero attached hydrogens (tertiary/aromatic N) is 1. The van der Waals surface area contributed by atoms with E-state index in [-0.39, 0.29) is 0 Å². The zero-order valence-corrected chi connectivity index (χ0v) is 10.1. The number of morpholine rings is 1. The number of nitrogens with one attached hydrogen (secondary N) is 1. The van der Waals surface area contributed by atoms with E-state index in [1.54, 1.807) is 0 Å². The van der Waals surface area contributed by atoms with Crippen molar-refractivity contribution in [1.29, 1.82) is 0 Å². The predicted molar refractivity (Wildman–Crippen MR) is 63.1 cm³/mol. The molecule has 0 amide bonds. The highest BCUT2D eigenvalue weighted by Crippen LogP contribution is 2.07. The molecule has 1 atom stereocenters. The average molecular weight is 218 g/mol. The molecule has 1 heterocycles. The molecule has 1 aliphatic rings. The summed E-state index contributed by atoms with van der Waals surface area (Å²) in [5.74, 6) is 1.22. The van der Waals surface area contributed by atoms with Crippen LogP contribution >= 0.6 is 11.8 Å². The lowest BCUT2D eigenvalue weighted by molar-refractivity contribution is -0.00339. The smallest absolute Gasteiger partial charge is 0.0634 e. The van der Waals surface area contributed by atoms with E-state index in [2.05, 4.69) is 23.4 Å². The van der Waals surface area contributed by atoms with Gasteiger partial charge in [0, 0.05) is 31.4 Å². The Bertz CT molecular complexity index is 130. The third-order valence-corrected chi connectivity index (χ3v) is 3.15. The van der Waals surface area contributed by atoms with Crippen LogP contribution in [-0.4, -0.2) is 62.3 Å². The number of hydrogen-bond acceptors (Lipinski definition) is 4. The fourth-order valence-corrected chi connectivity index (χ4v) is 2.11. The Morgan fingerprint density at radius 2 is 2.43 bits per heavy atom. The van der Waals surface area contributed by atoms with Crippen LogP contribution in [0.2, 0.25) is 0 Å². The number of rotatable bonds is 6. The number of likely N-dealkylation sites (N-methyl/N-ethyl adjacent to an activating group) is 1. The molecule has 0 saturated carbocycles. The minimum Gasteiger partial charge on any atom is -0.378 e. The Kier molecular flexibility index (Phi) is 6.60. The van der Waals surface area contributed by atoms with E-state index in [1.165, 1.54) is 12.3 Å². The molecular formula is C10H22N2OS. The zero-order chi connectivity index (χ0) is 10.2. The standard InChI is InChI=1S/C10H22N2OS/c1-3-11-8-10-9-13-6-4-12(10)5-7-14-2/h10-11H,3-9H2,1-2H3. The van der Waals surface area contributed by atoms with Gasteiger partial charge < -0.3 is 10.1 Å². The maximum atomic E-state index is 5.50. The molecule has 0 bridgehead atoms. The Morgan fingerprint density at radius 3 is 3.14 bits per heavy atom. The van der Waals surface area contributed by atoms with Crippen LogP contribution in [0.15, 0.2) is 0 Å². The van der Waals surface area contributed by atoms with Gasteiger partial charge in [-0.3, -0.25) is 4.90 Å². The van der Waals surface area contributed by atoms with Gasteiger partial charge in [0.1, 0.15) is 0 Å². The molecule has 1 rings (SSSR count). The molecule has 0 aromatic heterocycles. The van der Waals surface area contributed by atoms with Gasteiger partial charge in [-0.2, -0.15) is 11.8 Å². The molecule has 0 aromatic rings. The van der Waals surface area contributed by atoms with Crippen molar-refractivity contribution in [2.24, 2.45) is 0 Å². The van der Waals surface area contributed by atoms with Crippen molar-refractivity contribution in [3.8, 4) is 0 Å². The Morgan fingerprint density at radius 1 is 1.57 bits per heavy atom. The van der Waals surface area contributed by atoms with Crippen molar-refractivity contribution < 1.29 is 4.74 Å². The molecule has 3 nitrogen and oxygen atoms in total. The molecule has 4 heteroatoms. The van der Waals surface area contributed by atoms with Crippen LogP contribution in [-0.2, 0) is 4.74 Å². The van der Waals surface area contributed by atoms with Crippen molar-refractivity contribution in [2.75, 3.05) is 51.4 Å². The molecule has 0 aliphatic carbocycles. The predicted octanol–water partition coefficient (Wildman–Crippen LogP) is 0.660. The first-order valence-electron chi connectivity index (χ1n) is 5.40. The third-order valence-electron chi connectivity index (χ3n) is 2.56. The average Bonchev–Trinajstić information content (AvgIpc) is 2.24. The topological polar surface area (TPSA) is 24.5 Å². The SMILES string of the molecule is CCNCC1COCCN1CCSC. The van der Waals surface area contributed by atoms with E-state index in [1.807, 2.05) is 11.8 Å². The summed E-state index contributed by atoms with van der Waals surface area (Å²) in [4.78, 5) is 2.54. The van der Waals surface area contributed by atoms with Crippen LogP contribution in [0.4, 0.5) is 0 Å². The number of thioether (sulfide) groups is 1. The largest absolute Gasteiger partial charge is 0.378 e. The summed E-state index contributed by atoms with van der Waals surface area (Å²) in [7, 11) is 0. The van der Waals surface area contributed by atoms with Crippen LogP contribution in [0.25, 0.3) is 0 Å². The van der Waals surface area contributed by atoms with E-state index in [4.69, 9.17) is 4.74 Å². The molecule has 1 saturated heterocycles. The first kappa shape index (κ1) is 12.3. The van der Waals surface area contributed by atoms with Crippen molar-refractivity contribution in [3.63, 3.8) is 0 Å². The lowest BCUT2D eigenvalue weighted by Gasteiger charge is -2.35. The molecule has 0 radical (unpaired) electrons. The van der Waals surface area contributed by atoms with Gasteiger partial charge >= 0.3 is 0 Å². The van der Waals surface area contributed by atoms with Gasteiger partial charge in [0.2, 0.25) is 0 Å². The van der Waals surface area contributed by atoms with Crippen molar-refractivity contribution >= 4 is 11.8 Å². The second-order valence-corrected chi connectivity index (χ2v) is 4.55. The molecule has 1 unspecified atom stereocenters. The van der Waals surface area contributed by atoms with Gasteiger partial charge in [-0.25, -0.2) is 0 Å². The maximum absolute atomic E-state index is 5.50. The lowest BCUT2D eigenvalue weighted by atomic mass is 10.2. The minimum absolute atomic E-state index is 0.579. The first-order valence-corrected chi connectivity index (χ1v) is 6.79. The van der Waals surface area contributed by atoms with Crippen molar-refractivity contribution in [1.82, 2.24) is 10.2 Å². The van der Waals surface area contributed by atoms with E-state index in [0.717, 1.165) is 32.8 Å². The maximum Gasteiger partial charge on any atom is 0.0634 e. The van der Waals surface area contributed by atoms with E-state index in [0.29, 0.717) is 6.04 Å². The van der Waals surface area contributed by atoms with Crippen LogP contribution in [0.5, 0.6) is 0 Å². The summed E-state index contributed by atoms with van der Waals surface area (Å²) in [5, 5.41) is 3.40. The van der Waals surface area contributed by atoms with E-state index >= 15 is 0 Å². The third kappa shape index (κ3) is 4.17. The van der Waals surface area contributed by atoms with Gasteiger partial charge in [-0.05, 0) is 12.8 Å². The molecule has 84 valence electrons. The van der Waals surface area contributed by atoms with Gasteiger partial charge in [0.15, 0.2) is 0 Å². The van der Waals surface area contributed by atoms with Crippen LogP contribution < -0.4 is 5.32 Å². The summed E-state index contributed by atoms with van der Waals surface area (Å²) >= 11 is 1.92. The first-order chi connectivity index (χ1) is 6.88. The Labute approximate surface area is 91.6 Å². The Balaban J connectivity index is 2.26. The number of ether oxygens (including phenoxy) is 1. The Hall–Kier alpha value is 0.230.